The van der Waals surface area contributed by atoms with Crippen molar-refractivity contribution in [2.24, 2.45) is 0 Å². The third-order valence-electron chi connectivity index (χ3n) is 5.21. The van der Waals surface area contributed by atoms with Gasteiger partial charge in [0.1, 0.15) is 10.3 Å². The first-order chi connectivity index (χ1) is 15.7. The number of anilines is 1. The van der Waals surface area contributed by atoms with Gasteiger partial charge in [-0.3, -0.25) is 9.20 Å². The molecule has 0 aliphatic rings. The Morgan fingerprint density at radius 3 is 2.61 bits per heavy atom. The summed E-state index contributed by atoms with van der Waals surface area (Å²) in [5, 5.41) is 0.569. The van der Waals surface area contributed by atoms with Gasteiger partial charge in [0.25, 0.3) is 11.2 Å². The highest BCUT2D eigenvalue weighted by molar-refractivity contribution is 7.91. The molecule has 33 heavy (non-hydrogen) atoms. The number of halogens is 1. The van der Waals surface area contributed by atoms with Crippen molar-refractivity contribution in [3.8, 4) is 0 Å². The molecule has 4 aromatic rings. The van der Waals surface area contributed by atoms with Crippen molar-refractivity contribution < 1.29 is 17.7 Å². The van der Waals surface area contributed by atoms with Crippen LogP contribution in [0.5, 0.6) is 0 Å². The molecule has 0 radical (unpaired) electrons. The molecular weight excluding hydrogens is 464 g/mol. The van der Waals surface area contributed by atoms with Crippen molar-refractivity contribution in [1.29, 1.82) is 0 Å². The molecule has 0 saturated heterocycles. The molecule has 0 unspecified atom stereocenters. The SMILES string of the molecule is CC(C)OCCC[n+]1c(N)c(S(=O)(=O)c2ccc(Cl)cc2)cc2c(=O)n3ccccc3nc21. The first kappa shape index (κ1) is 23.2. The van der Waals surface area contributed by atoms with Crippen molar-refractivity contribution in [3.63, 3.8) is 0 Å². The number of sulfone groups is 1. The number of rotatable bonds is 7. The second kappa shape index (κ2) is 9.09. The van der Waals surface area contributed by atoms with E-state index in [0.717, 1.165) is 0 Å². The average Bonchev–Trinajstić information content (AvgIpc) is 2.78. The zero-order valence-corrected chi connectivity index (χ0v) is 19.8. The van der Waals surface area contributed by atoms with E-state index < -0.39 is 9.84 Å². The Balaban J connectivity index is 1.96. The molecule has 10 heteroatoms. The highest BCUT2D eigenvalue weighted by atomic mass is 35.5. The second-order valence-corrected chi connectivity index (χ2v) is 10.2. The summed E-state index contributed by atoms with van der Waals surface area (Å²) in [4.78, 5) is 17.7. The Hall–Kier alpha value is -3.01. The molecule has 0 bridgehead atoms. The number of fused-ring (bicyclic) bond motifs is 2. The molecule has 8 nitrogen and oxygen atoms in total. The highest BCUT2D eigenvalue weighted by Gasteiger charge is 2.29. The predicted octanol–water partition coefficient (Wildman–Crippen LogP) is 3.02. The van der Waals surface area contributed by atoms with Gasteiger partial charge >= 0.3 is 0 Å². The summed E-state index contributed by atoms with van der Waals surface area (Å²) >= 11 is 5.92. The fourth-order valence-electron chi connectivity index (χ4n) is 3.60. The van der Waals surface area contributed by atoms with Gasteiger partial charge in [-0.25, -0.2) is 13.0 Å². The minimum absolute atomic E-state index is 0.00850. The van der Waals surface area contributed by atoms with Crippen LogP contribution in [0, 0.1) is 0 Å². The van der Waals surface area contributed by atoms with Gasteiger partial charge in [0.15, 0.2) is 0 Å². The highest BCUT2D eigenvalue weighted by Crippen LogP contribution is 2.27. The number of hydrogen-bond donors (Lipinski definition) is 1. The van der Waals surface area contributed by atoms with Crippen molar-refractivity contribution in [3.05, 3.63) is 70.1 Å². The van der Waals surface area contributed by atoms with Gasteiger partial charge in [-0.2, -0.15) is 0 Å². The smallest absolute Gasteiger partial charge is 0.278 e. The first-order valence-electron chi connectivity index (χ1n) is 10.5. The summed E-state index contributed by atoms with van der Waals surface area (Å²) in [6, 6.07) is 12.3. The quantitative estimate of drug-likeness (QED) is 0.244. The average molecular weight is 488 g/mol. The number of nitrogens with zero attached hydrogens (tertiary/aromatic N) is 3. The first-order valence-corrected chi connectivity index (χ1v) is 12.3. The van der Waals surface area contributed by atoms with Crippen molar-refractivity contribution in [2.75, 3.05) is 12.3 Å². The molecule has 0 aliphatic heterocycles. The molecule has 1 aromatic carbocycles. The van der Waals surface area contributed by atoms with Crippen LogP contribution in [0.15, 0.2) is 69.3 Å². The van der Waals surface area contributed by atoms with Crippen molar-refractivity contribution in [2.45, 2.75) is 42.7 Å². The molecule has 0 saturated carbocycles. The number of benzene rings is 1. The molecule has 2 N–H and O–H groups in total. The van der Waals surface area contributed by atoms with E-state index in [4.69, 9.17) is 22.1 Å². The van der Waals surface area contributed by atoms with Gasteiger partial charge in [0, 0.05) is 24.2 Å². The van der Waals surface area contributed by atoms with Gasteiger partial charge < -0.3 is 10.5 Å². The van der Waals surface area contributed by atoms with Crippen molar-refractivity contribution >= 4 is 43.9 Å². The molecule has 0 spiro atoms. The lowest BCUT2D eigenvalue weighted by molar-refractivity contribution is -0.661. The van der Waals surface area contributed by atoms with E-state index in [0.29, 0.717) is 35.9 Å². The van der Waals surface area contributed by atoms with Crippen LogP contribution < -0.4 is 15.9 Å². The number of ether oxygens (including phenoxy) is 1. The molecule has 3 heterocycles. The Morgan fingerprint density at radius 1 is 1.18 bits per heavy atom. The number of nitrogen functional groups attached to an aromatic ring is 1. The van der Waals surface area contributed by atoms with Crippen LogP contribution in [0.4, 0.5) is 5.82 Å². The summed E-state index contributed by atoms with van der Waals surface area (Å²) in [7, 11) is -4.03. The summed E-state index contributed by atoms with van der Waals surface area (Å²) < 4.78 is 35.5. The number of pyridine rings is 2. The van der Waals surface area contributed by atoms with Crippen LogP contribution in [0.1, 0.15) is 20.3 Å². The van der Waals surface area contributed by atoms with E-state index in [-0.39, 0.29) is 32.7 Å². The maximum absolute atomic E-state index is 13.5. The topological polar surface area (TPSA) is 108 Å². The Bertz CT molecular complexity index is 1500. The molecule has 0 fully saturated rings. The van der Waals surface area contributed by atoms with E-state index in [2.05, 4.69) is 4.98 Å². The van der Waals surface area contributed by atoms with E-state index >= 15 is 0 Å². The summed E-state index contributed by atoms with van der Waals surface area (Å²) in [6.07, 6.45) is 2.21. The van der Waals surface area contributed by atoms with Crippen LogP contribution in [0.25, 0.3) is 16.7 Å². The Labute approximate surface area is 196 Å². The monoisotopic (exact) mass is 487 g/mol. The standard InChI is InChI=1S/C23H23ClN4O4S/c1-15(2)32-13-5-12-28-21(25)19(33(30,31)17-9-7-16(24)8-10-17)14-18-22(28)26-20-6-3-4-11-27(20)23(18)29/h3-4,6-11,14-15,25H,5,12-13H2,1-2H3/p+1. The van der Waals surface area contributed by atoms with E-state index in [1.165, 1.54) is 34.7 Å². The lowest BCUT2D eigenvalue weighted by Gasteiger charge is -2.13. The second-order valence-electron chi connectivity index (χ2n) is 7.86. The molecule has 3 aromatic heterocycles. The minimum atomic E-state index is -4.03. The summed E-state index contributed by atoms with van der Waals surface area (Å²) in [5.74, 6) is 0.00850. The van der Waals surface area contributed by atoms with Crippen LogP contribution in [0.2, 0.25) is 5.02 Å². The van der Waals surface area contributed by atoms with E-state index in [1.54, 1.807) is 29.0 Å². The normalized spacial score (nSPS) is 12.1. The van der Waals surface area contributed by atoms with Gasteiger partial charge in [-0.1, -0.05) is 22.7 Å². The molecule has 4 rings (SSSR count). The van der Waals surface area contributed by atoms with Crippen molar-refractivity contribution in [1.82, 2.24) is 9.38 Å². The van der Waals surface area contributed by atoms with Crippen LogP contribution in [0.3, 0.4) is 0 Å². The minimum Gasteiger partial charge on any atom is -0.379 e. The molecule has 172 valence electrons. The van der Waals surface area contributed by atoms with E-state index in [1.807, 2.05) is 13.8 Å². The van der Waals surface area contributed by atoms with Gasteiger partial charge in [0.05, 0.1) is 17.5 Å². The number of aryl methyl sites for hydroxylation is 1. The molecule has 0 aliphatic carbocycles. The largest absolute Gasteiger partial charge is 0.379 e. The number of aromatic nitrogens is 3. The van der Waals surface area contributed by atoms with Gasteiger partial charge in [-0.15, -0.1) is 0 Å². The molecular formula is C23H24ClN4O4S+. The Morgan fingerprint density at radius 2 is 1.91 bits per heavy atom. The maximum Gasteiger partial charge on any atom is 0.278 e. The van der Waals surface area contributed by atoms with Crippen LogP contribution in [-0.2, 0) is 21.1 Å². The van der Waals surface area contributed by atoms with Crippen LogP contribution in [-0.4, -0.2) is 30.5 Å². The fourth-order valence-corrected chi connectivity index (χ4v) is 5.13. The fraction of sp³-hybridized carbons (Fsp3) is 0.261. The Kier molecular flexibility index (Phi) is 6.38. The third-order valence-corrected chi connectivity index (χ3v) is 7.26. The summed E-state index contributed by atoms with van der Waals surface area (Å²) in [5.41, 5.74) is 6.79. The zero-order chi connectivity index (χ0) is 23.8. The molecule has 0 atom stereocenters. The third kappa shape index (κ3) is 4.44. The predicted molar refractivity (Wildman–Crippen MR) is 126 cm³/mol. The maximum atomic E-state index is 13.5. The van der Waals surface area contributed by atoms with E-state index in [9.17, 15) is 13.2 Å². The van der Waals surface area contributed by atoms with Gasteiger partial charge in [0.2, 0.25) is 21.3 Å². The number of nitrogens with two attached hydrogens (primary N) is 1. The zero-order valence-electron chi connectivity index (χ0n) is 18.2. The number of hydrogen-bond acceptors (Lipinski definition) is 6. The lowest BCUT2D eigenvalue weighted by atomic mass is 10.3. The van der Waals surface area contributed by atoms with Gasteiger partial charge in [-0.05, 0) is 56.3 Å². The molecule has 0 amide bonds. The van der Waals surface area contributed by atoms with Crippen LogP contribution >= 0.6 is 11.6 Å². The lowest BCUT2D eigenvalue weighted by Crippen LogP contribution is -2.42. The summed E-state index contributed by atoms with van der Waals surface area (Å²) in [6.45, 7) is 4.65.